The zero-order valence-corrected chi connectivity index (χ0v) is 12.8. The third-order valence-electron chi connectivity index (χ3n) is 3.00. The van der Waals surface area contributed by atoms with Gasteiger partial charge in [0.05, 0.1) is 0 Å². The molecule has 0 spiro atoms. The monoisotopic (exact) mass is 304 g/mol. The van der Waals surface area contributed by atoms with Crippen LogP contribution in [0.5, 0.6) is 0 Å². The van der Waals surface area contributed by atoms with E-state index in [1.54, 1.807) is 26.0 Å². The van der Waals surface area contributed by atoms with Gasteiger partial charge in [-0.15, -0.1) is 0 Å². The maximum absolute atomic E-state index is 13.5. The maximum atomic E-state index is 13.5. The molecule has 0 heterocycles. The zero-order valence-electron chi connectivity index (χ0n) is 12.0. The number of rotatable bonds is 7. The highest BCUT2D eigenvalue weighted by molar-refractivity contribution is 7.87. The van der Waals surface area contributed by atoms with Crippen molar-refractivity contribution in [3.8, 4) is 0 Å². The summed E-state index contributed by atoms with van der Waals surface area (Å²) in [7, 11) is -2.14. The minimum absolute atomic E-state index is 0.0593. The van der Waals surface area contributed by atoms with Gasteiger partial charge < -0.3 is 5.11 Å². The molecule has 5 nitrogen and oxygen atoms in total. The molecule has 0 aromatic heterocycles. The molecular weight excluding hydrogens is 283 g/mol. The van der Waals surface area contributed by atoms with Crippen LogP contribution in [0.4, 0.5) is 4.39 Å². The van der Waals surface area contributed by atoms with Gasteiger partial charge in [0.1, 0.15) is 5.82 Å². The van der Waals surface area contributed by atoms with Gasteiger partial charge in [0.2, 0.25) is 0 Å². The molecule has 0 amide bonds. The summed E-state index contributed by atoms with van der Waals surface area (Å²) in [6, 6.07) is 3.25. The third-order valence-corrected chi connectivity index (χ3v) is 4.51. The van der Waals surface area contributed by atoms with Crippen LogP contribution in [-0.2, 0) is 16.8 Å². The van der Waals surface area contributed by atoms with Crippen molar-refractivity contribution in [2.75, 3.05) is 20.2 Å². The van der Waals surface area contributed by atoms with Gasteiger partial charge in [-0.1, -0.05) is 12.1 Å². The lowest BCUT2D eigenvalue weighted by Crippen LogP contribution is -2.38. The lowest BCUT2D eigenvalue weighted by atomic mass is 10.1. The van der Waals surface area contributed by atoms with Crippen molar-refractivity contribution in [1.29, 1.82) is 0 Å². The number of nitrogens with zero attached hydrogens (tertiary/aromatic N) is 1. The molecule has 0 saturated carbocycles. The molecule has 2 N–H and O–H groups in total. The van der Waals surface area contributed by atoms with Crippen LogP contribution in [0.3, 0.4) is 0 Å². The number of hydrogen-bond acceptors (Lipinski definition) is 3. The summed E-state index contributed by atoms with van der Waals surface area (Å²) in [5.74, 6) is -0.267. The van der Waals surface area contributed by atoms with Gasteiger partial charge in [-0.2, -0.15) is 17.4 Å². The first-order chi connectivity index (χ1) is 9.27. The van der Waals surface area contributed by atoms with Gasteiger partial charge in [-0.05, 0) is 37.0 Å². The molecule has 0 atom stereocenters. The average Bonchev–Trinajstić information content (AvgIpc) is 2.39. The topological polar surface area (TPSA) is 69.6 Å². The average molecular weight is 304 g/mol. The van der Waals surface area contributed by atoms with Crippen LogP contribution in [0.15, 0.2) is 12.1 Å². The Morgan fingerprint density at radius 1 is 1.30 bits per heavy atom. The summed E-state index contributed by atoms with van der Waals surface area (Å²) in [6.45, 7) is 3.58. The van der Waals surface area contributed by atoms with Crippen LogP contribution >= 0.6 is 0 Å². The van der Waals surface area contributed by atoms with Crippen LogP contribution in [-0.4, -0.2) is 38.0 Å². The Balaban J connectivity index is 2.71. The number of benzene rings is 1. The molecule has 0 aliphatic rings. The van der Waals surface area contributed by atoms with Crippen LogP contribution in [0.25, 0.3) is 0 Å². The molecule has 0 radical (unpaired) electrons. The first kappa shape index (κ1) is 17.0. The first-order valence-electron chi connectivity index (χ1n) is 6.35. The lowest BCUT2D eigenvalue weighted by molar-refractivity contribution is 0.275. The van der Waals surface area contributed by atoms with Gasteiger partial charge in [0.25, 0.3) is 10.2 Å². The van der Waals surface area contributed by atoms with Crippen molar-refractivity contribution in [1.82, 2.24) is 9.03 Å². The molecular formula is C13H21FN2O3S. The minimum atomic E-state index is -3.59. The van der Waals surface area contributed by atoms with Crippen LogP contribution in [0, 0.1) is 19.7 Å². The molecule has 1 aromatic rings. The lowest BCUT2D eigenvalue weighted by Gasteiger charge is -2.17. The number of halogens is 1. The van der Waals surface area contributed by atoms with E-state index in [4.69, 9.17) is 5.11 Å². The summed E-state index contributed by atoms with van der Waals surface area (Å²) in [5, 5.41) is 8.70. The fourth-order valence-corrected chi connectivity index (χ4v) is 2.77. The Bertz CT molecular complexity index is 538. The quantitative estimate of drug-likeness (QED) is 0.792. The van der Waals surface area contributed by atoms with Crippen LogP contribution in [0.2, 0.25) is 0 Å². The van der Waals surface area contributed by atoms with E-state index in [9.17, 15) is 12.8 Å². The SMILES string of the molecule is Cc1cc(CNS(=O)(=O)N(C)CCCO)cc(C)c1F. The van der Waals surface area contributed by atoms with Gasteiger partial charge in [0, 0.05) is 26.7 Å². The highest BCUT2D eigenvalue weighted by Gasteiger charge is 2.16. The number of hydrogen-bond donors (Lipinski definition) is 2. The van der Waals surface area contributed by atoms with Gasteiger partial charge >= 0.3 is 0 Å². The second-order valence-electron chi connectivity index (χ2n) is 4.77. The largest absolute Gasteiger partial charge is 0.396 e. The van der Waals surface area contributed by atoms with Gasteiger partial charge in [-0.3, -0.25) is 0 Å². The second kappa shape index (κ2) is 7.12. The maximum Gasteiger partial charge on any atom is 0.279 e. The standard InChI is InChI=1S/C13H21FN2O3S/c1-10-7-12(8-11(2)13(10)14)9-15-20(18,19)16(3)5-4-6-17/h7-8,15,17H,4-6,9H2,1-3H3. The van der Waals surface area contributed by atoms with E-state index in [0.717, 1.165) is 4.31 Å². The number of aliphatic hydroxyl groups excluding tert-OH is 1. The Morgan fingerprint density at radius 3 is 2.35 bits per heavy atom. The highest BCUT2D eigenvalue weighted by atomic mass is 32.2. The molecule has 0 aliphatic carbocycles. The van der Waals surface area contributed by atoms with E-state index in [0.29, 0.717) is 23.1 Å². The van der Waals surface area contributed by atoms with Crippen molar-refractivity contribution >= 4 is 10.2 Å². The van der Waals surface area contributed by atoms with E-state index in [1.807, 2.05) is 0 Å². The molecule has 1 rings (SSSR count). The summed E-state index contributed by atoms with van der Waals surface area (Å²) in [6.07, 6.45) is 0.381. The van der Waals surface area contributed by atoms with Crippen molar-refractivity contribution in [2.45, 2.75) is 26.8 Å². The number of aliphatic hydroxyl groups is 1. The van der Waals surface area contributed by atoms with E-state index in [1.165, 1.54) is 7.05 Å². The van der Waals surface area contributed by atoms with E-state index in [-0.39, 0.29) is 25.5 Å². The van der Waals surface area contributed by atoms with Gasteiger partial charge in [0.15, 0.2) is 0 Å². The molecule has 7 heteroatoms. The van der Waals surface area contributed by atoms with Crippen molar-refractivity contribution in [3.05, 3.63) is 34.6 Å². The number of nitrogens with one attached hydrogen (secondary N) is 1. The third kappa shape index (κ3) is 4.52. The predicted octanol–water partition coefficient (Wildman–Crippen LogP) is 1.09. The molecule has 1 aromatic carbocycles. The van der Waals surface area contributed by atoms with Crippen molar-refractivity contribution < 1.29 is 17.9 Å². The Labute approximate surface area is 119 Å². The molecule has 0 aliphatic heterocycles. The highest BCUT2D eigenvalue weighted by Crippen LogP contribution is 2.14. The molecule has 0 unspecified atom stereocenters. The van der Waals surface area contributed by atoms with E-state index >= 15 is 0 Å². The molecule has 0 bridgehead atoms. The first-order valence-corrected chi connectivity index (χ1v) is 7.79. The smallest absolute Gasteiger partial charge is 0.279 e. The minimum Gasteiger partial charge on any atom is -0.396 e. The van der Waals surface area contributed by atoms with E-state index in [2.05, 4.69) is 4.72 Å². The normalized spacial score (nSPS) is 12.1. The Kier molecular flexibility index (Phi) is 6.07. The number of aryl methyl sites for hydroxylation is 2. The molecule has 20 heavy (non-hydrogen) atoms. The van der Waals surface area contributed by atoms with Crippen LogP contribution < -0.4 is 4.72 Å². The summed E-state index contributed by atoms with van der Waals surface area (Å²) >= 11 is 0. The summed E-state index contributed by atoms with van der Waals surface area (Å²) in [4.78, 5) is 0. The van der Waals surface area contributed by atoms with E-state index < -0.39 is 10.2 Å². The fraction of sp³-hybridized carbons (Fsp3) is 0.538. The molecule has 114 valence electrons. The predicted molar refractivity (Wildman–Crippen MR) is 76.0 cm³/mol. The second-order valence-corrected chi connectivity index (χ2v) is 6.63. The molecule has 0 fully saturated rings. The Morgan fingerprint density at radius 2 is 1.85 bits per heavy atom. The Hall–Kier alpha value is -1.02. The summed E-state index contributed by atoms with van der Waals surface area (Å²) < 4.78 is 40.9. The summed E-state index contributed by atoms with van der Waals surface area (Å²) in [5.41, 5.74) is 1.70. The fourth-order valence-electron chi connectivity index (χ4n) is 1.84. The van der Waals surface area contributed by atoms with Crippen molar-refractivity contribution in [2.24, 2.45) is 0 Å². The van der Waals surface area contributed by atoms with Crippen LogP contribution in [0.1, 0.15) is 23.1 Å². The molecule has 0 saturated heterocycles. The van der Waals surface area contributed by atoms with Gasteiger partial charge in [-0.25, -0.2) is 4.39 Å². The zero-order chi connectivity index (χ0) is 15.3. The van der Waals surface area contributed by atoms with Crippen molar-refractivity contribution in [3.63, 3.8) is 0 Å².